The SMILES string of the molecule is CCC(C)C(NC(=O)C1CCCC1(C)C)C(=O)O. The first-order valence-electron chi connectivity index (χ1n) is 6.82. The third kappa shape index (κ3) is 3.24. The Morgan fingerprint density at radius 2 is 2.06 bits per heavy atom. The van der Waals surface area contributed by atoms with Gasteiger partial charge in [0.2, 0.25) is 5.91 Å². The monoisotopic (exact) mass is 255 g/mol. The molecule has 0 spiro atoms. The predicted molar refractivity (Wildman–Crippen MR) is 70.1 cm³/mol. The highest BCUT2D eigenvalue weighted by atomic mass is 16.4. The van der Waals surface area contributed by atoms with E-state index in [2.05, 4.69) is 19.2 Å². The molecule has 4 nitrogen and oxygen atoms in total. The van der Waals surface area contributed by atoms with Crippen LogP contribution in [0.2, 0.25) is 0 Å². The van der Waals surface area contributed by atoms with E-state index in [4.69, 9.17) is 0 Å². The third-order valence-corrected chi connectivity index (χ3v) is 4.35. The molecule has 0 bridgehead atoms. The molecule has 0 radical (unpaired) electrons. The van der Waals surface area contributed by atoms with Crippen LogP contribution in [0.1, 0.15) is 53.4 Å². The first kappa shape index (κ1) is 15.0. The number of carboxylic acids is 1. The normalized spacial score (nSPS) is 25.4. The van der Waals surface area contributed by atoms with Crippen molar-refractivity contribution < 1.29 is 14.7 Å². The minimum atomic E-state index is -0.937. The number of carbonyl (C=O) groups is 2. The summed E-state index contributed by atoms with van der Waals surface area (Å²) in [5.74, 6) is -1.13. The Hall–Kier alpha value is -1.06. The van der Waals surface area contributed by atoms with Gasteiger partial charge in [0, 0.05) is 5.92 Å². The Labute approximate surface area is 109 Å². The van der Waals surface area contributed by atoms with Gasteiger partial charge >= 0.3 is 5.97 Å². The van der Waals surface area contributed by atoms with Crippen LogP contribution in [-0.2, 0) is 9.59 Å². The summed E-state index contributed by atoms with van der Waals surface area (Å²) in [5.41, 5.74) is -0.0113. The molecule has 104 valence electrons. The molecule has 1 amide bonds. The van der Waals surface area contributed by atoms with E-state index < -0.39 is 12.0 Å². The van der Waals surface area contributed by atoms with E-state index >= 15 is 0 Å². The first-order valence-corrected chi connectivity index (χ1v) is 6.82. The molecule has 1 rings (SSSR count). The van der Waals surface area contributed by atoms with Crippen LogP contribution < -0.4 is 5.32 Å². The second-order valence-electron chi connectivity index (χ2n) is 6.14. The van der Waals surface area contributed by atoms with Gasteiger partial charge in [-0.25, -0.2) is 4.79 Å². The fourth-order valence-corrected chi connectivity index (χ4v) is 2.75. The Morgan fingerprint density at radius 1 is 1.44 bits per heavy atom. The zero-order valence-corrected chi connectivity index (χ0v) is 11.8. The number of carbonyl (C=O) groups excluding carboxylic acids is 1. The smallest absolute Gasteiger partial charge is 0.326 e. The maximum atomic E-state index is 12.2. The average molecular weight is 255 g/mol. The number of hydrogen-bond acceptors (Lipinski definition) is 2. The Kier molecular flexibility index (Phi) is 4.77. The maximum Gasteiger partial charge on any atom is 0.326 e. The number of carboxylic acid groups (broad SMARTS) is 1. The predicted octanol–water partition coefficient (Wildman–Crippen LogP) is 2.43. The van der Waals surface area contributed by atoms with Crippen molar-refractivity contribution >= 4 is 11.9 Å². The van der Waals surface area contributed by atoms with Gasteiger partial charge in [-0.05, 0) is 24.2 Å². The molecule has 0 saturated heterocycles. The third-order valence-electron chi connectivity index (χ3n) is 4.35. The van der Waals surface area contributed by atoms with E-state index in [-0.39, 0.29) is 23.2 Å². The summed E-state index contributed by atoms with van der Waals surface area (Å²) >= 11 is 0. The van der Waals surface area contributed by atoms with Crippen LogP contribution >= 0.6 is 0 Å². The van der Waals surface area contributed by atoms with E-state index in [0.29, 0.717) is 0 Å². The second kappa shape index (κ2) is 5.72. The highest BCUT2D eigenvalue weighted by Gasteiger charge is 2.40. The van der Waals surface area contributed by atoms with Crippen molar-refractivity contribution in [2.45, 2.75) is 59.4 Å². The molecule has 2 N–H and O–H groups in total. The van der Waals surface area contributed by atoms with Gasteiger partial charge in [0.15, 0.2) is 0 Å². The highest BCUT2D eigenvalue weighted by molar-refractivity contribution is 5.85. The van der Waals surface area contributed by atoms with E-state index in [1.54, 1.807) is 0 Å². The quantitative estimate of drug-likeness (QED) is 0.793. The molecule has 3 unspecified atom stereocenters. The lowest BCUT2D eigenvalue weighted by atomic mass is 9.81. The molecule has 0 aromatic heterocycles. The minimum absolute atomic E-state index is 0.0113. The van der Waals surface area contributed by atoms with Crippen molar-refractivity contribution in [2.24, 2.45) is 17.3 Å². The largest absolute Gasteiger partial charge is 0.480 e. The van der Waals surface area contributed by atoms with Crippen molar-refractivity contribution in [3.8, 4) is 0 Å². The number of hydrogen-bond donors (Lipinski definition) is 2. The molecule has 0 aliphatic heterocycles. The van der Waals surface area contributed by atoms with Crippen molar-refractivity contribution in [2.75, 3.05) is 0 Å². The standard InChI is InChI=1S/C14H25NO3/c1-5-9(2)11(13(17)18)15-12(16)10-7-6-8-14(10,3)4/h9-11H,5-8H2,1-4H3,(H,15,16)(H,17,18). The van der Waals surface area contributed by atoms with Crippen molar-refractivity contribution in [3.05, 3.63) is 0 Å². The Bertz CT molecular complexity index is 325. The first-order chi connectivity index (χ1) is 8.29. The summed E-state index contributed by atoms with van der Waals surface area (Å²) < 4.78 is 0. The van der Waals surface area contributed by atoms with Gasteiger partial charge in [-0.1, -0.05) is 40.5 Å². The van der Waals surface area contributed by atoms with Crippen molar-refractivity contribution in [1.82, 2.24) is 5.32 Å². The average Bonchev–Trinajstić information content (AvgIpc) is 2.64. The molecule has 1 aliphatic rings. The second-order valence-corrected chi connectivity index (χ2v) is 6.14. The molecule has 4 heteroatoms. The summed E-state index contributed by atoms with van der Waals surface area (Å²) in [6, 6.07) is -0.765. The van der Waals surface area contributed by atoms with Gasteiger partial charge < -0.3 is 10.4 Å². The van der Waals surface area contributed by atoms with Gasteiger partial charge in [-0.2, -0.15) is 0 Å². The lowest BCUT2D eigenvalue weighted by Gasteiger charge is -2.28. The molecule has 1 aliphatic carbocycles. The van der Waals surface area contributed by atoms with E-state index in [9.17, 15) is 14.7 Å². The minimum Gasteiger partial charge on any atom is -0.480 e. The zero-order valence-electron chi connectivity index (χ0n) is 11.8. The molecular weight excluding hydrogens is 230 g/mol. The Balaban J connectivity index is 2.70. The van der Waals surface area contributed by atoms with Crippen molar-refractivity contribution in [1.29, 1.82) is 0 Å². The van der Waals surface area contributed by atoms with Crippen LogP contribution in [-0.4, -0.2) is 23.0 Å². The molecule has 0 aromatic rings. The number of amides is 1. The van der Waals surface area contributed by atoms with Crippen molar-refractivity contribution in [3.63, 3.8) is 0 Å². The fourth-order valence-electron chi connectivity index (χ4n) is 2.75. The van der Waals surface area contributed by atoms with Gasteiger partial charge in [0.25, 0.3) is 0 Å². The van der Waals surface area contributed by atoms with Crippen LogP contribution in [0.25, 0.3) is 0 Å². The van der Waals surface area contributed by atoms with E-state index in [1.807, 2.05) is 13.8 Å². The van der Waals surface area contributed by atoms with E-state index in [1.165, 1.54) is 0 Å². The van der Waals surface area contributed by atoms with E-state index in [0.717, 1.165) is 25.7 Å². The summed E-state index contributed by atoms with van der Waals surface area (Å²) in [6.07, 6.45) is 3.69. The number of nitrogens with one attached hydrogen (secondary N) is 1. The zero-order chi connectivity index (χ0) is 13.9. The molecule has 0 heterocycles. The fraction of sp³-hybridized carbons (Fsp3) is 0.857. The van der Waals surface area contributed by atoms with Crippen LogP contribution in [0, 0.1) is 17.3 Å². The van der Waals surface area contributed by atoms with Crippen LogP contribution in [0.3, 0.4) is 0 Å². The number of aliphatic carboxylic acids is 1. The lowest BCUT2D eigenvalue weighted by molar-refractivity contribution is -0.144. The van der Waals surface area contributed by atoms with Crippen LogP contribution in [0.5, 0.6) is 0 Å². The molecule has 1 saturated carbocycles. The highest BCUT2D eigenvalue weighted by Crippen LogP contribution is 2.42. The van der Waals surface area contributed by atoms with Crippen LogP contribution in [0.4, 0.5) is 0 Å². The van der Waals surface area contributed by atoms with Crippen LogP contribution in [0.15, 0.2) is 0 Å². The van der Waals surface area contributed by atoms with Gasteiger partial charge in [-0.3, -0.25) is 4.79 Å². The molecular formula is C14H25NO3. The molecule has 0 aromatic carbocycles. The molecule has 18 heavy (non-hydrogen) atoms. The summed E-state index contributed by atoms with van der Waals surface area (Å²) in [4.78, 5) is 23.4. The molecule has 1 fully saturated rings. The summed E-state index contributed by atoms with van der Waals surface area (Å²) in [5, 5.41) is 11.9. The molecule has 3 atom stereocenters. The summed E-state index contributed by atoms with van der Waals surface area (Å²) in [7, 11) is 0. The Morgan fingerprint density at radius 3 is 2.44 bits per heavy atom. The number of rotatable bonds is 5. The van der Waals surface area contributed by atoms with Gasteiger partial charge in [0.05, 0.1) is 0 Å². The lowest BCUT2D eigenvalue weighted by Crippen LogP contribution is -2.48. The topological polar surface area (TPSA) is 66.4 Å². The summed E-state index contributed by atoms with van der Waals surface area (Å²) in [6.45, 7) is 7.97. The van der Waals surface area contributed by atoms with Gasteiger partial charge in [0.1, 0.15) is 6.04 Å². The maximum absolute atomic E-state index is 12.2. The van der Waals surface area contributed by atoms with Gasteiger partial charge in [-0.15, -0.1) is 0 Å².